The largest absolute Gasteiger partial charge is 0.423 e. The molecule has 0 aliphatic rings. The van der Waals surface area contributed by atoms with Crippen molar-refractivity contribution in [2.24, 2.45) is 0 Å². The molecule has 3 rings (SSSR count). The van der Waals surface area contributed by atoms with Crippen LogP contribution in [0.2, 0.25) is 0 Å². The van der Waals surface area contributed by atoms with Crippen molar-refractivity contribution in [2.75, 3.05) is 0 Å². The predicted molar refractivity (Wildman–Crippen MR) is 74.1 cm³/mol. The molecule has 0 spiro atoms. The van der Waals surface area contributed by atoms with E-state index in [9.17, 15) is 0 Å². The molecule has 0 aliphatic heterocycles. The van der Waals surface area contributed by atoms with Crippen molar-refractivity contribution >= 4 is 10.9 Å². The number of fused-ring (bicyclic) bond motifs is 1. The number of benzene rings is 1. The van der Waals surface area contributed by atoms with Crippen LogP contribution in [0.4, 0.5) is 0 Å². The molecule has 98 valence electrons. The number of nitrogens with zero attached hydrogens (tertiary/aromatic N) is 3. The van der Waals surface area contributed by atoms with Gasteiger partial charge in [-0.3, -0.25) is 0 Å². The third-order valence-corrected chi connectivity index (χ3v) is 3.37. The summed E-state index contributed by atoms with van der Waals surface area (Å²) in [4.78, 5) is 0. The molecule has 0 N–H and O–H groups in total. The van der Waals surface area contributed by atoms with E-state index in [2.05, 4.69) is 52.2 Å². The van der Waals surface area contributed by atoms with Crippen molar-refractivity contribution in [1.82, 2.24) is 14.8 Å². The molecule has 1 aromatic carbocycles. The predicted octanol–water partition coefficient (Wildman–Crippen LogP) is 3.20. The second-order valence-corrected chi connectivity index (χ2v) is 4.60. The van der Waals surface area contributed by atoms with Crippen molar-refractivity contribution < 1.29 is 4.42 Å². The zero-order chi connectivity index (χ0) is 13.2. The van der Waals surface area contributed by atoms with Crippen molar-refractivity contribution in [1.29, 1.82) is 0 Å². The molecule has 19 heavy (non-hydrogen) atoms. The number of aryl methyl sites for hydroxylation is 2. The Labute approximate surface area is 112 Å². The second-order valence-electron chi connectivity index (χ2n) is 4.60. The van der Waals surface area contributed by atoms with Crippen LogP contribution in [0.3, 0.4) is 0 Å². The van der Waals surface area contributed by atoms with Gasteiger partial charge in [0.2, 0.25) is 11.8 Å². The van der Waals surface area contributed by atoms with E-state index in [1.165, 1.54) is 16.5 Å². The first-order valence-electron chi connectivity index (χ1n) is 6.69. The average Bonchev–Trinajstić information content (AvgIpc) is 3.06. The normalized spacial score (nSPS) is 11.3. The highest BCUT2D eigenvalue weighted by atomic mass is 16.4. The van der Waals surface area contributed by atoms with Crippen LogP contribution in [0.15, 0.2) is 34.9 Å². The number of hydrogen-bond donors (Lipinski definition) is 0. The minimum atomic E-state index is 0.632. The topological polar surface area (TPSA) is 43.9 Å². The first-order valence-corrected chi connectivity index (χ1v) is 6.69. The lowest BCUT2D eigenvalue weighted by atomic mass is 10.1. The van der Waals surface area contributed by atoms with Gasteiger partial charge >= 0.3 is 0 Å². The minimum absolute atomic E-state index is 0.632. The Morgan fingerprint density at radius 2 is 1.89 bits per heavy atom. The van der Waals surface area contributed by atoms with Gasteiger partial charge in [-0.05, 0) is 23.4 Å². The summed E-state index contributed by atoms with van der Waals surface area (Å²) in [6.45, 7) is 4.82. The zero-order valence-electron chi connectivity index (χ0n) is 11.3. The summed E-state index contributed by atoms with van der Waals surface area (Å²) in [5, 5.41) is 9.35. The summed E-state index contributed by atoms with van der Waals surface area (Å²) >= 11 is 0. The molecule has 2 aromatic heterocycles. The van der Waals surface area contributed by atoms with E-state index in [0.717, 1.165) is 12.8 Å². The van der Waals surface area contributed by atoms with Crippen LogP contribution < -0.4 is 0 Å². The zero-order valence-corrected chi connectivity index (χ0v) is 11.3. The third-order valence-electron chi connectivity index (χ3n) is 3.37. The van der Waals surface area contributed by atoms with E-state index < -0.39 is 0 Å². The number of para-hydroxylation sites is 1. The molecule has 0 fully saturated rings. The van der Waals surface area contributed by atoms with Gasteiger partial charge < -0.3 is 8.98 Å². The highest BCUT2D eigenvalue weighted by molar-refractivity contribution is 5.83. The van der Waals surface area contributed by atoms with Crippen molar-refractivity contribution in [2.45, 2.75) is 33.2 Å². The first kappa shape index (κ1) is 12.0. The van der Waals surface area contributed by atoms with Gasteiger partial charge in [-0.15, -0.1) is 10.2 Å². The highest BCUT2D eigenvalue weighted by Gasteiger charge is 2.09. The Hall–Kier alpha value is -2.10. The lowest BCUT2D eigenvalue weighted by molar-refractivity contribution is 0.444. The summed E-state index contributed by atoms with van der Waals surface area (Å²) in [6.07, 6.45) is 3.88. The van der Waals surface area contributed by atoms with Gasteiger partial charge in [0, 0.05) is 12.6 Å². The molecular weight excluding hydrogens is 238 g/mol. The van der Waals surface area contributed by atoms with Crippen LogP contribution in [-0.2, 0) is 19.4 Å². The maximum Gasteiger partial charge on any atom is 0.236 e. The van der Waals surface area contributed by atoms with Crippen molar-refractivity contribution in [3.8, 4) is 0 Å². The van der Waals surface area contributed by atoms with E-state index in [4.69, 9.17) is 4.42 Å². The molecule has 2 heterocycles. The Morgan fingerprint density at radius 1 is 1.05 bits per heavy atom. The fraction of sp³-hybridized carbons (Fsp3) is 0.333. The van der Waals surface area contributed by atoms with Gasteiger partial charge in [0.05, 0.1) is 5.52 Å². The maximum absolute atomic E-state index is 5.59. The van der Waals surface area contributed by atoms with Crippen molar-refractivity contribution in [3.63, 3.8) is 0 Å². The summed E-state index contributed by atoms with van der Waals surface area (Å²) in [7, 11) is 0. The third kappa shape index (κ3) is 2.14. The SMILES string of the molecule is CCc1nnc(Cn2ccc3cccc(CC)c32)o1. The monoisotopic (exact) mass is 255 g/mol. The van der Waals surface area contributed by atoms with Crippen LogP contribution in [0.1, 0.15) is 31.2 Å². The number of rotatable bonds is 4. The molecule has 0 saturated heterocycles. The number of hydrogen-bond acceptors (Lipinski definition) is 3. The van der Waals surface area contributed by atoms with Gasteiger partial charge in [-0.2, -0.15) is 0 Å². The molecule has 0 atom stereocenters. The molecule has 0 amide bonds. The Morgan fingerprint density at radius 3 is 2.63 bits per heavy atom. The lowest BCUT2D eigenvalue weighted by Gasteiger charge is -2.06. The van der Waals surface area contributed by atoms with Gasteiger partial charge in [-0.25, -0.2) is 0 Å². The molecular formula is C15H17N3O. The van der Waals surface area contributed by atoms with Crippen molar-refractivity contribution in [3.05, 3.63) is 47.8 Å². The van der Waals surface area contributed by atoms with E-state index >= 15 is 0 Å². The summed E-state index contributed by atoms with van der Waals surface area (Å²) < 4.78 is 7.77. The van der Waals surface area contributed by atoms with Crippen LogP contribution >= 0.6 is 0 Å². The lowest BCUT2D eigenvalue weighted by Crippen LogP contribution is -2.00. The van der Waals surface area contributed by atoms with Crippen LogP contribution in [0.5, 0.6) is 0 Å². The van der Waals surface area contributed by atoms with E-state index in [1.54, 1.807) is 0 Å². The molecule has 4 heteroatoms. The van der Waals surface area contributed by atoms with Gasteiger partial charge in [-0.1, -0.05) is 32.0 Å². The van der Waals surface area contributed by atoms with Gasteiger partial charge in [0.25, 0.3) is 0 Å². The fourth-order valence-corrected chi connectivity index (χ4v) is 2.40. The molecule has 0 bridgehead atoms. The quantitative estimate of drug-likeness (QED) is 0.719. The van der Waals surface area contributed by atoms with Crippen LogP contribution in [-0.4, -0.2) is 14.8 Å². The average molecular weight is 255 g/mol. The Bertz CT molecular complexity index is 696. The molecule has 0 aliphatic carbocycles. The molecule has 0 saturated carbocycles. The van der Waals surface area contributed by atoms with E-state index in [-0.39, 0.29) is 0 Å². The number of aromatic nitrogens is 3. The van der Waals surface area contributed by atoms with Gasteiger partial charge in [0.1, 0.15) is 6.54 Å². The Kier molecular flexibility index (Phi) is 3.07. The van der Waals surface area contributed by atoms with E-state index in [0.29, 0.717) is 18.3 Å². The fourth-order valence-electron chi connectivity index (χ4n) is 2.40. The summed E-state index contributed by atoms with van der Waals surface area (Å²) in [6, 6.07) is 8.54. The molecule has 0 radical (unpaired) electrons. The molecule has 0 unspecified atom stereocenters. The first-order chi connectivity index (χ1) is 9.31. The van der Waals surface area contributed by atoms with E-state index in [1.807, 2.05) is 6.92 Å². The van der Waals surface area contributed by atoms with Crippen LogP contribution in [0, 0.1) is 0 Å². The second kappa shape index (κ2) is 4.88. The smallest absolute Gasteiger partial charge is 0.236 e. The van der Waals surface area contributed by atoms with Crippen LogP contribution in [0.25, 0.3) is 10.9 Å². The standard InChI is InChI=1S/C15H17N3O/c1-3-11-6-5-7-12-8-9-18(15(11)12)10-14-17-16-13(4-2)19-14/h5-9H,3-4,10H2,1-2H3. The highest BCUT2D eigenvalue weighted by Crippen LogP contribution is 2.21. The molecule has 3 aromatic rings. The summed E-state index contributed by atoms with van der Waals surface area (Å²) in [5.74, 6) is 1.36. The summed E-state index contributed by atoms with van der Waals surface area (Å²) in [5.41, 5.74) is 2.61. The van der Waals surface area contributed by atoms with Gasteiger partial charge in [0.15, 0.2) is 0 Å². The minimum Gasteiger partial charge on any atom is -0.423 e. The maximum atomic E-state index is 5.59. The Balaban J connectivity index is 2.00. The molecule has 4 nitrogen and oxygen atoms in total.